The van der Waals surface area contributed by atoms with Crippen LogP contribution in [0, 0.1) is 0 Å². The third-order valence-corrected chi connectivity index (χ3v) is 3.29. The van der Waals surface area contributed by atoms with Crippen molar-refractivity contribution in [3.05, 3.63) is 0 Å². The first-order valence-electron chi connectivity index (χ1n) is 4.36. The Morgan fingerprint density at radius 3 is 2.42 bits per heavy atom. The minimum absolute atomic E-state index is 0.0150. The van der Waals surface area contributed by atoms with Crippen molar-refractivity contribution in [2.75, 3.05) is 13.3 Å². The Labute approximate surface area is 79.1 Å². The lowest BCUT2D eigenvalue weighted by molar-refractivity contribution is 0.165. The third-order valence-electron chi connectivity index (χ3n) is 2.01. The van der Waals surface area contributed by atoms with Crippen LogP contribution in [0.5, 0.6) is 0 Å². The summed E-state index contributed by atoms with van der Waals surface area (Å²) in [6.45, 7) is 3.29. The Kier molecular flexibility index (Phi) is 3.63. The van der Waals surface area contributed by atoms with E-state index >= 15 is 0 Å². The topological polar surface area (TPSA) is 26.3 Å². The average molecular weight is 211 g/mol. The van der Waals surface area contributed by atoms with Gasteiger partial charge in [-0.3, -0.25) is 4.57 Å². The van der Waals surface area contributed by atoms with Crippen LogP contribution in [0.25, 0.3) is 0 Å². The molecule has 1 fully saturated rings. The van der Waals surface area contributed by atoms with Crippen molar-refractivity contribution in [3.63, 3.8) is 0 Å². The number of rotatable bonds is 2. The monoisotopic (exact) mass is 210 g/mol. The zero-order valence-corrected chi connectivity index (χ0v) is 9.28. The number of hydrogen-bond donors (Lipinski definition) is 0. The van der Waals surface area contributed by atoms with Gasteiger partial charge in [-0.1, -0.05) is 12.8 Å². The highest BCUT2D eigenvalue weighted by atomic mass is 35.5. The van der Waals surface area contributed by atoms with Crippen molar-refractivity contribution in [2.24, 2.45) is 0 Å². The molecule has 0 aromatic heterocycles. The zero-order chi connectivity index (χ0) is 9.19. The summed E-state index contributed by atoms with van der Waals surface area (Å²) in [6.07, 6.45) is 4.28. The fraction of sp³-hybridized carbons (Fsp3) is 1.00. The summed E-state index contributed by atoms with van der Waals surface area (Å²) in [5.41, 5.74) is 0. The van der Waals surface area contributed by atoms with Gasteiger partial charge in [0, 0.05) is 13.3 Å². The fourth-order valence-corrected chi connectivity index (χ4v) is 2.80. The SMILES string of the molecule is CP(C)(=O)OC1CCCCC1Cl. The first-order valence-corrected chi connectivity index (χ1v) is 7.32. The predicted molar refractivity (Wildman–Crippen MR) is 52.4 cm³/mol. The molecule has 0 aromatic carbocycles. The molecule has 1 aliphatic rings. The lowest BCUT2D eigenvalue weighted by atomic mass is 9.97. The van der Waals surface area contributed by atoms with E-state index in [9.17, 15) is 4.57 Å². The molecule has 0 radical (unpaired) electrons. The molecular weight excluding hydrogens is 195 g/mol. The van der Waals surface area contributed by atoms with Crippen molar-refractivity contribution in [3.8, 4) is 0 Å². The Bertz CT molecular complexity index is 189. The summed E-state index contributed by atoms with van der Waals surface area (Å²) in [4.78, 5) is 0. The van der Waals surface area contributed by atoms with E-state index in [1.807, 2.05) is 0 Å². The van der Waals surface area contributed by atoms with E-state index in [1.165, 1.54) is 6.42 Å². The van der Waals surface area contributed by atoms with Gasteiger partial charge >= 0.3 is 0 Å². The quantitative estimate of drug-likeness (QED) is 0.517. The van der Waals surface area contributed by atoms with Crippen molar-refractivity contribution in [2.45, 2.75) is 37.2 Å². The van der Waals surface area contributed by atoms with Crippen LogP contribution in [-0.2, 0) is 9.09 Å². The van der Waals surface area contributed by atoms with Gasteiger partial charge in [-0.05, 0) is 12.8 Å². The largest absolute Gasteiger partial charge is 0.324 e. The van der Waals surface area contributed by atoms with E-state index in [4.69, 9.17) is 16.1 Å². The van der Waals surface area contributed by atoms with Crippen LogP contribution in [0.15, 0.2) is 0 Å². The Balaban J connectivity index is 2.44. The minimum atomic E-state index is -2.36. The average Bonchev–Trinajstić information content (AvgIpc) is 1.91. The fourth-order valence-electron chi connectivity index (χ4n) is 1.50. The predicted octanol–water partition coefficient (Wildman–Crippen LogP) is 3.09. The first-order chi connectivity index (χ1) is 5.49. The van der Waals surface area contributed by atoms with Crippen molar-refractivity contribution >= 4 is 19.0 Å². The molecule has 4 heteroatoms. The van der Waals surface area contributed by atoms with Crippen molar-refractivity contribution in [1.29, 1.82) is 0 Å². The van der Waals surface area contributed by atoms with Crippen molar-refractivity contribution in [1.82, 2.24) is 0 Å². The third kappa shape index (κ3) is 3.47. The van der Waals surface area contributed by atoms with E-state index in [-0.39, 0.29) is 11.5 Å². The molecule has 2 nitrogen and oxygen atoms in total. The highest BCUT2D eigenvalue weighted by Crippen LogP contribution is 2.42. The molecule has 0 bridgehead atoms. The summed E-state index contributed by atoms with van der Waals surface area (Å²) in [5.74, 6) is 0. The normalized spacial score (nSPS) is 31.9. The molecule has 0 N–H and O–H groups in total. The van der Waals surface area contributed by atoms with E-state index in [0.29, 0.717) is 0 Å². The van der Waals surface area contributed by atoms with Crippen LogP contribution in [0.2, 0.25) is 0 Å². The maximum Gasteiger partial charge on any atom is 0.197 e. The van der Waals surface area contributed by atoms with Gasteiger partial charge in [-0.2, -0.15) is 0 Å². The van der Waals surface area contributed by atoms with Gasteiger partial charge in [-0.25, -0.2) is 0 Å². The molecule has 1 aliphatic carbocycles. The molecular formula is C8H16ClO2P. The summed E-state index contributed by atoms with van der Waals surface area (Å²) < 4.78 is 16.8. The van der Waals surface area contributed by atoms with Gasteiger partial charge in [-0.15, -0.1) is 11.6 Å². The molecule has 0 spiro atoms. The Morgan fingerprint density at radius 1 is 1.33 bits per heavy atom. The molecule has 12 heavy (non-hydrogen) atoms. The van der Waals surface area contributed by atoms with E-state index in [0.717, 1.165) is 19.3 Å². The van der Waals surface area contributed by atoms with Gasteiger partial charge in [0.2, 0.25) is 0 Å². The van der Waals surface area contributed by atoms with Crippen LogP contribution < -0.4 is 0 Å². The number of halogens is 1. The van der Waals surface area contributed by atoms with E-state index in [1.54, 1.807) is 13.3 Å². The first kappa shape index (κ1) is 10.6. The van der Waals surface area contributed by atoms with Gasteiger partial charge in [0.25, 0.3) is 0 Å². The smallest absolute Gasteiger partial charge is 0.197 e. The van der Waals surface area contributed by atoms with Crippen LogP contribution >= 0.6 is 19.0 Å². The molecule has 1 saturated carbocycles. The van der Waals surface area contributed by atoms with Crippen LogP contribution in [0.3, 0.4) is 0 Å². The molecule has 0 heterocycles. The van der Waals surface area contributed by atoms with Crippen molar-refractivity contribution < 1.29 is 9.09 Å². The van der Waals surface area contributed by atoms with Gasteiger partial charge in [0.05, 0.1) is 11.5 Å². The maximum absolute atomic E-state index is 11.3. The summed E-state index contributed by atoms with van der Waals surface area (Å²) in [7, 11) is -2.36. The molecule has 0 aromatic rings. The molecule has 0 amide bonds. The lowest BCUT2D eigenvalue weighted by Gasteiger charge is -2.28. The number of hydrogen-bond acceptors (Lipinski definition) is 2. The zero-order valence-electron chi connectivity index (χ0n) is 7.62. The summed E-state index contributed by atoms with van der Waals surface area (Å²) in [6, 6.07) is 0. The lowest BCUT2D eigenvalue weighted by Crippen LogP contribution is -2.27. The van der Waals surface area contributed by atoms with Gasteiger partial charge < -0.3 is 4.52 Å². The molecule has 0 saturated heterocycles. The minimum Gasteiger partial charge on any atom is -0.324 e. The molecule has 2 atom stereocenters. The van der Waals surface area contributed by atoms with E-state index in [2.05, 4.69) is 0 Å². The second kappa shape index (κ2) is 4.13. The summed E-state index contributed by atoms with van der Waals surface area (Å²) in [5, 5.41) is 0.0620. The maximum atomic E-state index is 11.3. The molecule has 1 rings (SSSR count). The second-order valence-electron chi connectivity index (χ2n) is 3.70. The van der Waals surface area contributed by atoms with Crippen LogP contribution in [-0.4, -0.2) is 24.8 Å². The Morgan fingerprint density at radius 2 is 1.92 bits per heavy atom. The molecule has 0 aliphatic heterocycles. The van der Waals surface area contributed by atoms with Crippen LogP contribution in [0.1, 0.15) is 25.7 Å². The molecule has 72 valence electrons. The Hall–Kier alpha value is 0.480. The summed E-state index contributed by atoms with van der Waals surface area (Å²) >= 11 is 6.04. The van der Waals surface area contributed by atoms with Gasteiger partial charge in [0.1, 0.15) is 0 Å². The number of alkyl halides is 1. The van der Waals surface area contributed by atoms with Crippen LogP contribution in [0.4, 0.5) is 0 Å². The second-order valence-corrected chi connectivity index (χ2v) is 6.97. The van der Waals surface area contributed by atoms with Gasteiger partial charge in [0.15, 0.2) is 7.37 Å². The highest BCUT2D eigenvalue weighted by molar-refractivity contribution is 7.57. The highest BCUT2D eigenvalue weighted by Gasteiger charge is 2.27. The standard InChI is InChI=1S/C8H16ClO2P/c1-12(2,10)11-8-6-4-3-5-7(8)9/h7-8H,3-6H2,1-2H3. The molecule has 2 unspecified atom stereocenters. The van der Waals surface area contributed by atoms with E-state index < -0.39 is 7.37 Å².